The molecule has 0 radical (unpaired) electrons. The molecule has 1 aliphatic rings. The second-order valence-corrected chi connectivity index (χ2v) is 4.27. The zero-order valence-corrected chi connectivity index (χ0v) is 9.33. The summed E-state index contributed by atoms with van der Waals surface area (Å²) in [7, 11) is 0. The summed E-state index contributed by atoms with van der Waals surface area (Å²) < 4.78 is 2.69. The number of hydrogen-bond acceptors (Lipinski definition) is 2. The highest BCUT2D eigenvalue weighted by Crippen LogP contribution is 2.30. The van der Waals surface area contributed by atoms with Crippen LogP contribution in [0.5, 0.6) is 0 Å². The molecule has 1 aromatic heterocycles. The molecule has 1 heterocycles. The average molecular weight is 229 g/mol. The maximum Gasteiger partial charge on any atom is 0.332 e. The third-order valence-electron chi connectivity index (χ3n) is 2.68. The summed E-state index contributed by atoms with van der Waals surface area (Å²) in [6, 6.07) is 1.31. The maximum atomic E-state index is 11.8. The minimum atomic E-state index is -0.320. The maximum absolute atomic E-state index is 11.8. The molecule has 0 aliphatic heterocycles. The first kappa shape index (κ1) is 10.5. The van der Waals surface area contributed by atoms with Crippen LogP contribution in [0.25, 0.3) is 0 Å². The molecule has 2 rings (SSSR count). The summed E-state index contributed by atoms with van der Waals surface area (Å²) in [6.45, 7) is 2.80. The van der Waals surface area contributed by atoms with Crippen LogP contribution in [0.3, 0.4) is 0 Å². The van der Waals surface area contributed by atoms with Gasteiger partial charge >= 0.3 is 5.69 Å². The van der Waals surface area contributed by atoms with Crippen molar-refractivity contribution in [2.24, 2.45) is 5.92 Å². The molecule has 1 fully saturated rings. The van der Waals surface area contributed by atoms with Crippen molar-refractivity contribution in [1.82, 2.24) is 9.13 Å². The lowest BCUT2D eigenvalue weighted by molar-refractivity contribution is 0.539. The molecule has 0 atom stereocenters. The van der Waals surface area contributed by atoms with E-state index in [0.717, 1.165) is 12.8 Å². The largest absolute Gasteiger partial charge is 0.332 e. The van der Waals surface area contributed by atoms with E-state index in [0.29, 0.717) is 19.0 Å². The Balaban J connectivity index is 2.51. The molecular formula is C10H13ClN2O2. The van der Waals surface area contributed by atoms with Gasteiger partial charge in [-0.15, -0.1) is 0 Å². The van der Waals surface area contributed by atoms with Crippen LogP contribution in [0.1, 0.15) is 19.8 Å². The van der Waals surface area contributed by atoms with E-state index >= 15 is 0 Å². The van der Waals surface area contributed by atoms with Crippen molar-refractivity contribution in [2.75, 3.05) is 0 Å². The van der Waals surface area contributed by atoms with E-state index in [1.165, 1.54) is 15.2 Å². The molecule has 0 aromatic carbocycles. The Bertz CT molecular complexity index is 485. The van der Waals surface area contributed by atoms with Crippen molar-refractivity contribution in [3.8, 4) is 0 Å². The fraction of sp³-hybridized carbons (Fsp3) is 0.600. The number of rotatable bonds is 3. The summed E-state index contributed by atoms with van der Waals surface area (Å²) in [5, 5.41) is 0.251. The van der Waals surface area contributed by atoms with E-state index in [-0.39, 0.29) is 16.4 Å². The molecular weight excluding hydrogens is 216 g/mol. The molecule has 0 bridgehead atoms. The van der Waals surface area contributed by atoms with Crippen LogP contribution >= 0.6 is 11.6 Å². The van der Waals surface area contributed by atoms with Crippen molar-refractivity contribution in [1.29, 1.82) is 0 Å². The van der Waals surface area contributed by atoms with E-state index in [1.807, 2.05) is 0 Å². The highest BCUT2D eigenvalue weighted by Gasteiger charge is 2.23. The van der Waals surface area contributed by atoms with Gasteiger partial charge in [0, 0.05) is 19.2 Å². The molecule has 0 spiro atoms. The van der Waals surface area contributed by atoms with Crippen LogP contribution in [0, 0.1) is 5.92 Å². The lowest BCUT2D eigenvalue weighted by atomic mass is 10.4. The van der Waals surface area contributed by atoms with E-state index in [2.05, 4.69) is 0 Å². The van der Waals surface area contributed by atoms with Crippen LogP contribution in [0.4, 0.5) is 0 Å². The Morgan fingerprint density at radius 1 is 1.40 bits per heavy atom. The van der Waals surface area contributed by atoms with Crippen molar-refractivity contribution in [3.63, 3.8) is 0 Å². The Hall–Kier alpha value is -1.03. The zero-order chi connectivity index (χ0) is 11.0. The molecule has 0 unspecified atom stereocenters. The predicted molar refractivity (Wildman–Crippen MR) is 58.4 cm³/mol. The number of nitrogens with zero attached hydrogens (tertiary/aromatic N) is 2. The third kappa shape index (κ3) is 2.00. The van der Waals surface area contributed by atoms with Crippen LogP contribution in [0.2, 0.25) is 5.15 Å². The normalized spacial score (nSPS) is 15.6. The smallest absolute Gasteiger partial charge is 0.283 e. The number of hydrogen-bond donors (Lipinski definition) is 0. The molecule has 82 valence electrons. The summed E-state index contributed by atoms with van der Waals surface area (Å²) in [5.74, 6) is 0.558. The molecule has 0 saturated heterocycles. The fourth-order valence-corrected chi connectivity index (χ4v) is 1.84. The van der Waals surface area contributed by atoms with Crippen molar-refractivity contribution >= 4 is 11.6 Å². The number of halogens is 1. The van der Waals surface area contributed by atoms with Gasteiger partial charge in [-0.2, -0.15) is 0 Å². The average Bonchev–Trinajstić information content (AvgIpc) is 2.96. The Morgan fingerprint density at radius 2 is 2.07 bits per heavy atom. The Morgan fingerprint density at radius 3 is 2.60 bits per heavy atom. The van der Waals surface area contributed by atoms with E-state index < -0.39 is 0 Å². The summed E-state index contributed by atoms with van der Waals surface area (Å²) >= 11 is 5.89. The van der Waals surface area contributed by atoms with Gasteiger partial charge in [-0.25, -0.2) is 4.79 Å². The molecule has 4 nitrogen and oxygen atoms in total. The second-order valence-electron chi connectivity index (χ2n) is 3.89. The van der Waals surface area contributed by atoms with Crippen molar-refractivity contribution in [3.05, 3.63) is 32.1 Å². The topological polar surface area (TPSA) is 44.0 Å². The SMILES string of the molecule is CCn1c(=O)cc(Cl)n(CC2CC2)c1=O. The first-order valence-electron chi connectivity index (χ1n) is 5.13. The number of aromatic nitrogens is 2. The van der Waals surface area contributed by atoms with Gasteiger partial charge in [-0.1, -0.05) is 11.6 Å². The third-order valence-corrected chi connectivity index (χ3v) is 3.00. The van der Waals surface area contributed by atoms with Crippen molar-refractivity contribution < 1.29 is 0 Å². The highest BCUT2D eigenvalue weighted by atomic mass is 35.5. The van der Waals surface area contributed by atoms with Gasteiger partial charge < -0.3 is 0 Å². The molecule has 5 heteroatoms. The summed E-state index contributed by atoms with van der Waals surface area (Å²) in [4.78, 5) is 23.3. The minimum absolute atomic E-state index is 0.251. The highest BCUT2D eigenvalue weighted by molar-refractivity contribution is 6.29. The molecule has 0 amide bonds. The summed E-state index contributed by atoms with van der Waals surface area (Å²) in [6.07, 6.45) is 2.29. The van der Waals surface area contributed by atoms with Gasteiger partial charge in [0.2, 0.25) is 0 Å². The molecule has 0 N–H and O–H groups in total. The molecule has 1 saturated carbocycles. The minimum Gasteiger partial charge on any atom is -0.283 e. The second kappa shape index (κ2) is 3.85. The first-order valence-corrected chi connectivity index (χ1v) is 5.51. The van der Waals surface area contributed by atoms with Gasteiger partial charge in [0.15, 0.2) is 0 Å². The van der Waals surface area contributed by atoms with Gasteiger partial charge in [0.25, 0.3) is 5.56 Å². The summed E-state index contributed by atoms with van der Waals surface area (Å²) in [5.41, 5.74) is -0.610. The quantitative estimate of drug-likeness (QED) is 0.727. The van der Waals surface area contributed by atoms with Crippen LogP contribution in [-0.4, -0.2) is 9.13 Å². The lowest BCUT2D eigenvalue weighted by Crippen LogP contribution is -2.39. The Labute approximate surface area is 92.1 Å². The first-order chi connectivity index (χ1) is 7.13. The van der Waals surface area contributed by atoms with Crippen LogP contribution in [-0.2, 0) is 13.1 Å². The van der Waals surface area contributed by atoms with Gasteiger partial charge in [-0.3, -0.25) is 13.9 Å². The van der Waals surface area contributed by atoms with Crippen LogP contribution in [0.15, 0.2) is 15.7 Å². The molecule has 1 aliphatic carbocycles. The fourth-order valence-electron chi connectivity index (χ4n) is 1.60. The van der Waals surface area contributed by atoms with Crippen molar-refractivity contribution in [2.45, 2.75) is 32.9 Å². The van der Waals surface area contributed by atoms with Gasteiger partial charge in [0.1, 0.15) is 5.15 Å². The van der Waals surface area contributed by atoms with Gasteiger partial charge in [-0.05, 0) is 25.7 Å². The molecule has 15 heavy (non-hydrogen) atoms. The van der Waals surface area contributed by atoms with E-state index in [9.17, 15) is 9.59 Å². The Kier molecular flexibility index (Phi) is 2.69. The van der Waals surface area contributed by atoms with E-state index in [1.54, 1.807) is 6.92 Å². The van der Waals surface area contributed by atoms with Gasteiger partial charge in [0.05, 0.1) is 0 Å². The zero-order valence-electron chi connectivity index (χ0n) is 8.57. The lowest BCUT2D eigenvalue weighted by Gasteiger charge is -2.09. The standard InChI is InChI=1S/C10H13ClN2O2/c1-2-12-9(14)5-8(11)13(10(12)15)6-7-3-4-7/h5,7H,2-4,6H2,1H3. The van der Waals surface area contributed by atoms with Crippen LogP contribution < -0.4 is 11.2 Å². The van der Waals surface area contributed by atoms with E-state index in [4.69, 9.17) is 11.6 Å². The monoisotopic (exact) mass is 228 g/mol. The predicted octanol–water partition coefficient (Wildman–Crippen LogP) is 1.09. The molecule has 1 aromatic rings.